The molecular formula is C52H38N4Pt+4. The Hall–Kier alpha value is -6.79. The first-order valence-corrected chi connectivity index (χ1v) is 18.9. The average Bonchev–Trinajstić information content (AvgIpc) is 3.85. The molecule has 10 rings (SSSR count). The summed E-state index contributed by atoms with van der Waals surface area (Å²) in [5.74, 6) is 0. The number of para-hydroxylation sites is 8. The molecule has 0 fully saturated rings. The Labute approximate surface area is 348 Å². The molecule has 0 saturated carbocycles. The van der Waals surface area contributed by atoms with Crippen LogP contribution in [0.15, 0.2) is 206 Å². The molecule has 2 aliphatic heterocycles. The van der Waals surface area contributed by atoms with Crippen molar-refractivity contribution in [1.29, 1.82) is 0 Å². The zero-order valence-corrected chi connectivity index (χ0v) is 33.4. The van der Waals surface area contributed by atoms with E-state index in [0.29, 0.717) is 0 Å². The predicted octanol–water partition coefficient (Wildman–Crippen LogP) is 11.9. The van der Waals surface area contributed by atoms with Crippen molar-refractivity contribution in [3.8, 4) is 0 Å². The third kappa shape index (κ3) is 7.98. The van der Waals surface area contributed by atoms with E-state index in [-0.39, 0.29) is 21.1 Å². The van der Waals surface area contributed by atoms with E-state index in [1.165, 1.54) is 22.3 Å². The molecule has 2 heterocycles. The number of hydrogen-bond donors (Lipinski definition) is 0. The van der Waals surface area contributed by atoms with Gasteiger partial charge in [0.05, 0.1) is 0 Å². The Morgan fingerprint density at radius 3 is 1.00 bits per heavy atom. The Morgan fingerprint density at radius 2 is 0.632 bits per heavy atom. The van der Waals surface area contributed by atoms with Crippen LogP contribution in [0.4, 0.5) is 45.5 Å². The van der Waals surface area contributed by atoms with Gasteiger partial charge in [-0.1, -0.05) is 97.1 Å². The van der Waals surface area contributed by atoms with Crippen LogP contribution in [0.2, 0.25) is 0 Å². The second-order valence-electron chi connectivity index (χ2n) is 13.6. The number of benzene rings is 8. The SMILES string of the molecule is C1=[N+](c2ccccc2)c2ccccc2[N+]=1c1ccccc1Cc1[c-]cccc1.C1=[N+](c2ccccc2)c2ccccc2[N+]=1c1ccccc1Cc1[c-]cccc1.[Pt+2]. The molecule has 0 unspecified atom stereocenters. The summed E-state index contributed by atoms with van der Waals surface area (Å²) in [6.07, 6.45) is 1.67. The molecule has 0 aliphatic carbocycles. The summed E-state index contributed by atoms with van der Waals surface area (Å²) in [5.41, 5.74) is 13.9. The maximum Gasteiger partial charge on any atom is 2.00 e. The van der Waals surface area contributed by atoms with Gasteiger partial charge in [0.2, 0.25) is 22.7 Å². The van der Waals surface area contributed by atoms with Crippen molar-refractivity contribution in [2.75, 3.05) is 0 Å². The van der Waals surface area contributed by atoms with Gasteiger partial charge in [0, 0.05) is 71.8 Å². The molecule has 0 bridgehead atoms. The van der Waals surface area contributed by atoms with Gasteiger partial charge in [-0.25, -0.2) is 0 Å². The van der Waals surface area contributed by atoms with Crippen molar-refractivity contribution >= 4 is 57.5 Å². The Bertz CT molecular complexity index is 2610. The van der Waals surface area contributed by atoms with E-state index >= 15 is 0 Å². The van der Waals surface area contributed by atoms with Crippen LogP contribution in [0.3, 0.4) is 0 Å². The summed E-state index contributed by atoms with van der Waals surface area (Å²) in [4.78, 5) is 0. The maximum absolute atomic E-state index is 3.57. The Kier molecular flexibility index (Phi) is 11.3. The van der Waals surface area contributed by atoms with E-state index < -0.39 is 0 Å². The molecule has 0 spiro atoms. The molecule has 2 aliphatic rings. The molecule has 0 radical (unpaired) electrons. The van der Waals surface area contributed by atoms with Crippen molar-refractivity contribution in [2.45, 2.75) is 12.8 Å². The summed E-state index contributed by atoms with van der Waals surface area (Å²) in [6.45, 7) is 0. The van der Waals surface area contributed by atoms with Crippen molar-refractivity contribution in [3.63, 3.8) is 0 Å². The molecule has 8 aromatic rings. The first-order valence-electron chi connectivity index (χ1n) is 18.9. The second-order valence-corrected chi connectivity index (χ2v) is 13.6. The van der Waals surface area contributed by atoms with Gasteiger partial charge in [-0.05, 0) is 31.1 Å². The van der Waals surface area contributed by atoms with Crippen LogP contribution in [-0.2, 0) is 33.9 Å². The average molecular weight is 914 g/mol. The van der Waals surface area contributed by atoms with Gasteiger partial charge in [-0.3, -0.25) is 0 Å². The van der Waals surface area contributed by atoms with Crippen LogP contribution in [-0.4, -0.2) is 12.0 Å². The number of rotatable bonds is 8. The second kappa shape index (κ2) is 17.3. The van der Waals surface area contributed by atoms with Gasteiger partial charge in [0.15, 0.2) is 0 Å². The quantitative estimate of drug-likeness (QED) is 0.106. The van der Waals surface area contributed by atoms with Gasteiger partial charge >= 0.3 is 33.1 Å². The third-order valence-corrected chi connectivity index (χ3v) is 9.93. The zero-order valence-electron chi connectivity index (χ0n) is 31.1. The molecule has 0 N–H and O–H groups in total. The molecule has 0 atom stereocenters. The zero-order chi connectivity index (χ0) is 37.5. The largest absolute Gasteiger partial charge is 2.00 e. The minimum absolute atomic E-state index is 0. The third-order valence-electron chi connectivity index (χ3n) is 9.93. The Morgan fingerprint density at radius 1 is 0.316 bits per heavy atom. The molecule has 5 heteroatoms. The summed E-state index contributed by atoms with van der Waals surface area (Å²) in [5, 5.41) is 0. The number of nitrogens with zero attached hydrogens (tertiary/aromatic N) is 4. The summed E-state index contributed by atoms with van der Waals surface area (Å²) >= 11 is 0. The van der Waals surface area contributed by atoms with Gasteiger partial charge in [-0.15, -0.1) is 0 Å². The monoisotopic (exact) mass is 913 g/mol. The topological polar surface area (TPSA) is 12.0 Å². The first-order chi connectivity index (χ1) is 27.8. The molecular weight excluding hydrogens is 876 g/mol. The molecule has 8 aromatic carbocycles. The van der Waals surface area contributed by atoms with E-state index in [9.17, 15) is 0 Å². The Balaban J connectivity index is 0.000000157. The van der Waals surface area contributed by atoms with Crippen LogP contribution >= 0.6 is 0 Å². The van der Waals surface area contributed by atoms with Gasteiger partial charge in [0.1, 0.15) is 0 Å². The van der Waals surface area contributed by atoms with Crippen LogP contribution in [0.25, 0.3) is 0 Å². The minimum atomic E-state index is 0. The van der Waals surface area contributed by atoms with Gasteiger partial charge in [-0.2, -0.15) is 71.8 Å². The molecule has 0 amide bonds. The molecule has 4 nitrogen and oxygen atoms in total. The van der Waals surface area contributed by atoms with E-state index in [4.69, 9.17) is 0 Å². The summed E-state index contributed by atoms with van der Waals surface area (Å²) in [7, 11) is 0. The molecule has 0 aromatic heterocycles. The van der Waals surface area contributed by atoms with Crippen molar-refractivity contribution in [1.82, 2.24) is 18.3 Å². The fourth-order valence-corrected chi connectivity index (χ4v) is 7.26. The fraction of sp³-hybridized carbons (Fsp3) is 0.0385. The smallest absolute Gasteiger partial charge is 0.180 e. The summed E-state index contributed by atoms with van der Waals surface area (Å²) < 4.78 is 8.59. The van der Waals surface area contributed by atoms with E-state index in [0.717, 1.165) is 58.3 Å². The fourth-order valence-electron chi connectivity index (χ4n) is 7.26. The van der Waals surface area contributed by atoms with Crippen molar-refractivity contribution < 1.29 is 21.1 Å². The van der Waals surface area contributed by atoms with Crippen molar-refractivity contribution in [2.24, 2.45) is 0 Å². The van der Waals surface area contributed by atoms with Gasteiger partial charge in [0.25, 0.3) is 22.7 Å². The maximum atomic E-state index is 3.57. The van der Waals surface area contributed by atoms with Crippen LogP contribution in [0.5, 0.6) is 0 Å². The number of hydrogen-bond acceptors (Lipinski definition) is 0. The van der Waals surface area contributed by atoms with E-state index in [2.05, 4.69) is 212 Å². The minimum Gasteiger partial charge on any atom is -0.180 e. The van der Waals surface area contributed by atoms with Gasteiger partial charge < -0.3 is 0 Å². The number of fused-ring (bicyclic) bond motifs is 2. The molecule has 57 heavy (non-hydrogen) atoms. The van der Waals surface area contributed by atoms with Crippen LogP contribution < -0.4 is 18.3 Å². The van der Waals surface area contributed by atoms with E-state index in [1.807, 2.05) is 36.4 Å². The first kappa shape index (κ1) is 37.1. The van der Waals surface area contributed by atoms with Crippen LogP contribution in [0.1, 0.15) is 22.3 Å². The van der Waals surface area contributed by atoms with Crippen molar-refractivity contribution in [3.05, 3.63) is 241 Å². The predicted molar refractivity (Wildman–Crippen MR) is 231 cm³/mol. The standard InChI is InChI=1S/2C26H19N2.Pt/c2*1-3-11-21(12-4-1)19-22-13-7-8-16-24(22)28-20-27(23-14-5-2-6-15-23)25-17-9-10-18-26(25)28;/h2*1-11,13-18H,19H2;/q2*+1;+2. The molecule has 0 saturated heterocycles. The summed E-state index contributed by atoms with van der Waals surface area (Å²) in [6, 6.07) is 84.8. The molecule has 272 valence electrons. The van der Waals surface area contributed by atoms with Crippen LogP contribution in [0, 0.1) is 12.1 Å². The normalized spacial score (nSPS) is 12.1. The van der Waals surface area contributed by atoms with E-state index in [1.54, 1.807) is 0 Å².